The number of nitrogens with zero attached hydrogens (tertiary/aromatic N) is 2. The third-order valence-electron chi connectivity index (χ3n) is 3.52. The van der Waals surface area contributed by atoms with Gasteiger partial charge in [-0.2, -0.15) is 0 Å². The lowest BCUT2D eigenvalue weighted by Gasteiger charge is -2.17. The highest BCUT2D eigenvalue weighted by atomic mass is 32.2. The minimum Gasteiger partial charge on any atom is -0.384 e. The van der Waals surface area contributed by atoms with Crippen molar-refractivity contribution >= 4 is 32.7 Å². The smallest absolute Gasteiger partial charge is 0.240 e. The second-order valence-electron chi connectivity index (χ2n) is 5.41. The highest BCUT2D eigenvalue weighted by Gasteiger charge is 2.28. The summed E-state index contributed by atoms with van der Waals surface area (Å²) in [5.41, 5.74) is 19.7. The van der Waals surface area contributed by atoms with Gasteiger partial charge in [0.2, 0.25) is 10.0 Å². The van der Waals surface area contributed by atoms with Crippen LogP contribution in [0.2, 0.25) is 0 Å². The zero-order chi connectivity index (χ0) is 20.9. The number of nitrogens with one attached hydrogen (secondary N) is 2. The molecule has 0 saturated carbocycles. The second kappa shape index (κ2) is 9.05. The lowest BCUT2D eigenvalue weighted by atomic mass is 10.0. The van der Waals surface area contributed by atoms with Gasteiger partial charge in [0.25, 0.3) is 0 Å². The van der Waals surface area contributed by atoms with Gasteiger partial charge in [0.1, 0.15) is 21.7 Å². The Morgan fingerprint density at radius 2 is 1.96 bits per heavy atom. The van der Waals surface area contributed by atoms with Crippen molar-refractivity contribution in [2.45, 2.75) is 9.79 Å². The summed E-state index contributed by atoms with van der Waals surface area (Å²) < 4.78 is 40.0. The summed E-state index contributed by atoms with van der Waals surface area (Å²) in [6.07, 6.45) is 1.42. The van der Waals surface area contributed by atoms with Crippen LogP contribution in [0.5, 0.6) is 0 Å². The van der Waals surface area contributed by atoms with Crippen LogP contribution in [0, 0.1) is 0 Å². The SMILES string of the molecule is NCCNS(=O)c1ccc(-c2ccc(N)nc2)c(/C(N)=N/NN)c1S(N)(=O)=O. The zero-order valence-corrected chi connectivity index (χ0v) is 16.3. The third kappa shape index (κ3) is 4.80. The van der Waals surface area contributed by atoms with Crippen LogP contribution in [-0.2, 0) is 21.0 Å². The molecule has 0 aliphatic rings. The van der Waals surface area contributed by atoms with E-state index >= 15 is 0 Å². The van der Waals surface area contributed by atoms with Gasteiger partial charge in [-0.1, -0.05) is 6.07 Å². The van der Waals surface area contributed by atoms with Crippen molar-refractivity contribution in [3.63, 3.8) is 0 Å². The molecule has 2 rings (SSSR count). The molecule has 1 heterocycles. The number of nitrogen functional groups attached to an aromatic ring is 1. The normalized spacial score (nSPS) is 13.3. The Morgan fingerprint density at radius 1 is 1.25 bits per heavy atom. The Hall–Kier alpha value is -2.62. The first-order valence-electron chi connectivity index (χ1n) is 7.76. The van der Waals surface area contributed by atoms with Gasteiger partial charge in [-0.3, -0.25) is 0 Å². The van der Waals surface area contributed by atoms with Gasteiger partial charge in [-0.15, -0.1) is 5.10 Å². The molecule has 0 spiro atoms. The molecule has 2 aromatic rings. The van der Waals surface area contributed by atoms with Crippen molar-refractivity contribution in [2.75, 3.05) is 18.8 Å². The molecule has 12 nitrogen and oxygen atoms in total. The summed E-state index contributed by atoms with van der Waals surface area (Å²) in [4.78, 5) is 3.42. The average Bonchev–Trinajstić information content (AvgIpc) is 2.65. The quantitative estimate of drug-likeness (QED) is 0.103. The Kier molecular flexibility index (Phi) is 7.00. The maximum Gasteiger partial charge on any atom is 0.240 e. The van der Waals surface area contributed by atoms with E-state index in [1.807, 2.05) is 5.53 Å². The molecule has 1 unspecified atom stereocenters. The summed E-state index contributed by atoms with van der Waals surface area (Å²) in [6, 6.07) is 6.02. The molecule has 0 aliphatic heterocycles. The van der Waals surface area contributed by atoms with Gasteiger partial charge < -0.3 is 17.2 Å². The summed E-state index contributed by atoms with van der Waals surface area (Å²) in [6.45, 7) is 0.378. The molecule has 0 radical (unpaired) electrons. The molecule has 1 atom stereocenters. The highest BCUT2D eigenvalue weighted by molar-refractivity contribution is 7.90. The fourth-order valence-electron chi connectivity index (χ4n) is 2.41. The van der Waals surface area contributed by atoms with Crippen molar-refractivity contribution in [2.24, 2.45) is 27.6 Å². The fourth-order valence-corrected chi connectivity index (χ4v) is 4.75. The molecule has 0 fully saturated rings. The summed E-state index contributed by atoms with van der Waals surface area (Å²) in [7, 11) is -6.30. The van der Waals surface area contributed by atoms with Crippen molar-refractivity contribution in [3.8, 4) is 11.1 Å². The predicted molar refractivity (Wildman–Crippen MR) is 107 cm³/mol. The Balaban J connectivity index is 2.87. The highest BCUT2D eigenvalue weighted by Crippen LogP contribution is 2.32. The monoisotopic (exact) mass is 427 g/mol. The van der Waals surface area contributed by atoms with Crippen LogP contribution in [-0.4, -0.2) is 36.5 Å². The fraction of sp³-hybridized carbons (Fsp3) is 0.143. The Labute approximate surface area is 164 Å². The van der Waals surface area contributed by atoms with Crippen LogP contribution in [0.15, 0.2) is 45.4 Å². The van der Waals surface area contributed by atoms with Crippen molar-refractivity contribution in [1.29, 1.82) is 0 Å². The largest absolute Gasteiger partial charge is 0.384 e. The number of pyridine rings is 1. The minimum atomic E-state index is -4.38. The van der Waals surface area contributed by atoms with E-state index in [2.05, 4.69) is 14.8 Å². The minimum absolute atomic E-state index is 0.0765. The van der Waals surface area contributed by atoms with E-state index in [9.17, 15) is 12.6 Å². The first-order valence-corrected chi connectivity index (χ1v) is 10.5. The molecular weight excluding hydrogens is 406 g/mol. The number of hydrazine groups is 1. The summed E-state index contributed by atoms with van der Waals surface area (Å²) in [5, 5.41) is 9.07. The number of sulfonamides is 1. The van der Waals surface area contributed by atoms with Gasteiger partial charge in [0.05, 0.1) is 4.90 Å². The van der Waals surface area contributed by atoms with E-state index in [1.54, 1.807) is 6.07 Å². The number of anilines is 1. The molecule has 14 heteroatoms. The van der Waals surface area contributed by atoms with Gasteiger partial charge in [-0.25, -0.2) is 38.8 Å². The number of aromatic nitrogens is 1. The van der Waals surface area contributed by atoms with Gasteiger partial charge >= 0.3 is 0 Å². The Morgan fingerprint density at radius 3 is 2.50 bits per heavy atom. The molecule has 0 saturated heterocycles. The average molecular weight is 428 g/mol. The van der Waals surface area contributed by atoms with E-state index in [1.165, 1.54) is 24.4 Å². The van der Waals surface area contributed by atoms with Crippen molar-refractivity contribution in [1.82, 2.24) is 15.2 Å². The zero-order valence-electron chi connectivity index (χ0n) is 14.6. The second-order valence-corrected chi connectivity index (χ2v) is 8.17. The van der Waals surface area contributed by atoms with Gasteiger partial charge in [0, 0.05) is 30.4 Å². The van der Waals surface area contributed by atoms with E-state index in [0.29, 0.717) is 11.1 Å². The lowest BCUT2D eigenvalue weighted by molar-refractivity contribution is 0.594. The molecule has 0 amide bonds. The Bertz CT molecular complexity index is 1010. The molecule has 152 valence electrons. The number of hydrazone groups is 1. The number of nitrogens with two attached hydrogens (primary N) is 5. The van der Waals surface area contributed by atoms with Crippen LogP contribution < -0.4 is 38.4 Å². The summed E-state index contributed by atoms with van der Waals surface area (Å²) >= 11 is 0. The van der Waals surface area contributed by atoms with E-state index in [4.69, 9.17) is 28.2 Å². The van der Waals surface area contributed by atoms with E-state index in [-0.39, 0.29) is 35.2 Å². The predicted octanol–water partition coefficient (Wildman–Crippen LogP) is -2.37. The van der Waals surface area contributed by atoms with Crippen LogP contribution >= 0.6 is 0 Å². The number of hydrogen-bond acceptors (Lipinski definition) is 9. The maximum absolute atomic E-state index is 12.6. The molecule has 28 heavy (non-hydrogen) atoms. The van der Waals surface area contributed by atoms with Crippen molar-refractivity contribution in [3.05, 3.63) is 36.0 Å². The number of hydrogen-bond donors (Lipinski definition) is 7. The van der Waals surface area contributed by atoms with Crippen LogP contribution in [0.3, 0.4) is 0 Å². The van der Waals surface area contributed by atoms with Crippen LogP contribution in [0.25, 0.3) is 11.1 Å². The van der Waals surface area contributed by atoms with E-state index < -0.39 is 25.9 Å². The number of benzene rings is 1. The summed E-state index contributed by atoms with van der Waals surface area (Å²) in [5.74, 6) is 5.17. The topological polar surface area (TPSA) is 231 Å². The standard InChI is InChI=1S/C14H21N9O3S2/c15-5-6-21-27(24)10-3-2-9(8-1-4-11(16)20-7-8)12(14(17)22-23-18)13(10)28(19,25)26/h1-4,7,21,23H,5-6,15,18H2,(H2,16,20)(H2,17,22)(H2,19,25,26). The number of amidine groups is 1. The molecule has 0 aliphatic carbocycles. The first kappa shape index (κ1) is 21.7. The van der Waals surface area contributed by atoms with E-state index in [0.717, 1.165) is 0 Å². The molecule has 1 aromatic carbocycles. The molecular formula is C14H21N9O3S2. The molecule has 0 bridgehead atoms. The van der Waals surface area contributed by atoms with Crippen LogP contribution in [0.1, 0.15) is 5.56 Å². The molecule has 12 N–H and O–H groups in total. The third-order valence-corrected chi connectivity index (χ3v) is 5.85. The first-order chi connectivity index (χ1) is 13.2. The van der Waals surface area contributed by atoms with Crippen molar-refractivity contribution < 1.29 is 12.6 Å². The number of rotatable bonds is 8. The van der Waals surface area contributed by atoms with Gasteiger partial charge in [-0.05, 0) is 23.8 Å². The van der Waals surface area contributed by atoms with Crippen LogP contribution in [0.4, 0.5) is 5.82 Å². The van der Waals surface area contributed by atoms with Gasteiger partial charge in [0.15, 0.2) is 5.84 Å². The number of primary sulfonamides is 1. The lowest BCUT2D eigenvalue weighted by Crippen LogP contribution is -2.30. The maximum atomic E-state index is 12.6. The molecule has 1 aromatic heterocycles.